The van der Waals surface area contributed by atoms with Crippen LogP contribution in [0, 0.1) is 17.0 Å². The molecule has 0 radical (unpaired) electrons. The van der Waals surface area contributed by atoms with Crippen molar-refractivity contribution < 1.29 is 14.4 Å². The van der Waals surface area contributed by atoms with Gasteiger partial charge in [0.2, 0.25) is 6.79 Å². The van der Waals surface area contributed by atoms with Crippen LogP contribution in [-0.4, -0.2) is 11.7 Å². The second-order valence-corrected chi connectivity index (χ2v) is 6.11. The van der Waals surface area contributed by atoms with Gasteiger partial charge in [0.15, 0.2) is 11.5 Å². The minimum Gasteiger partial charge on any atom is -0.454 e. The van der Waals surface area contributed by atoms with Crippen LogP contribution in [-0.2, 0) is 0 Å². The zero-order valence-corrected chi connectivity index (χ0v) is 12.4. The SMILES string of the molecule is Cc1ccc(C(C)Nc2cc3c(cc2[N+](=O)[O-])OCO3)s1. The van der Waals surface area contributed by atoms with E-state index in [1.165, 1.54) is 10.9 Å². The molecule has 0 saturated heterocycles. The Bertz CT molecular complexity index is 698. The zero-order valence-electron chi connectivity index (χ0n) is 11.6. The van der Waals surface area contributed by atoms with E-state index in [1.54, 1.807) is 17.4 Å². The predicted molar refractivity (Wildman–Crippen MR) is 80.3 cm³/mol. The van der Waals surface area contributed by atoms with Crippen molar-refractivity contribution in [1.82, 2.24) is 0 Å². The van der Waals surface area contributed by atoms with Gasteiger partial charge in [-0.25, -0.2) is 0 Å². The van der Waals surface area contributed by atoms with Crippen molar-refractivity contribution in [3.63, 3.8) is 0 Å². The molecule has 2 heterocycles. The predicted octanol–water partition coefficient (Wildman–Crippen LogP) is 3.87. The molecule has 0 amide bonds. The maximum Gasteiger partial charge on any atom is 0.296 e. The Kier molecular flexibility index (Phi) is 3.42. The molecular formula is C14H14N2O4S. The number of hydrogen-bond acceptors (Lipinski definition) is 6. The van der Waals surface area contributed by atoms with Crippen LogP contribution < -0.4 is 14.8 Å². The minimum absolute atomic E-state index is 0.0145. The number of ether oxygens (including phenoxy) is 2. The summed E-state index contributed by atoms with van der Waals surface area (Å²) in [6.45, 7) is 4.10. The zero-order chi connectivity index (χ0) is 15.0. The summed E-state index contributed by atoms with van der Waals surface area (Å²) in [5.74, 6) is 0.935. The first kappa shape index (κ1) is 13.7. The number of fused-ring (bicyclic) bond motifs is 1. The summed E-state index contributed by atoms with van der Waals surface area (Å²) in [4.78, 5) is 13.1. The molecule has 7 heteroatoms. The summed E-state index contributed by atoms with van der Waals surface area (Å²) < 4.78 is 10.5. The molecule has 21 heavy (non-hydrogen) atoms. The minimum atomic E-state index is -0.420. The van der Waals surface area contributed by atoms with Crippen molar-refractivity contribution >= 4 is 22.7 Å². The Morgan fingerprint density at radius 1 is 1.33 bits per heavy atom. The highest BCUT2D eigenvalue weighted by molar-refractivity contribution is 7.12. The normalized spacial score (nSPS) is 14.0. The third-order valence-corrected chi connectivity index (χ3v) is 4.43. The third-order valence-electron chi connectivity index (χ3n) is 3.25. The Labute approximate surface area is 125 Å². The number of nitrogens with one attached hydrogen (secondary N) is 1. The summed E-state index contributed by atoms with van der Waals surface area (Å²) in [5.41, 5.74) is 0.419. The van der Waals surface area contributed by atoms with Gasteiger partial charge in [0, 0.05) is 15.8 Å². The van der Waals surface area contributed by atoms with Gasteiger partial charge in [-0.3, -0.25) is 10.1 Å². The van der Waals surface area contributed by atoms with E-state index in [4.69, 9.17) is 9.47 Å². The summed E-state index contributed by atoms with van der Waals surface area (Å²) in [6.07, 6.45) is 0. The molecule has 1 aromatic heterocycles. The summed E-state index contributed by atoms with van der Waals surface area (Å²) in [6, 6.07) is 7.06. The van der Waals surface area contributed by atoms with Gasteiger partial charge in [-0.2, -0.15) is 0 Å². The average molecular weight is 306 g/mol. The van der Waals surface area contributed by atoms with Gasteiger partial charge in [0.25, 0.3) is 5.69 Å². The Morgan fingerprint density at radius 3 is 2.67 bits per heavy atom. The first-order chi connectivity index (χ1) is 10.0. The van der Waals surface area contributed by atoms with E-state index >= 15 is 0 Å². The second-order valence-electron chi connectivity index (χ2n) is 4.79. The van der Waals surface area contributed by atoms with Gasteiger partial charge in [0.05, 0.1) is 17.0 Å². The number of thiophene rings is 1. The summed E-state index contributed by atoms with van der Waals surface area (Å²) >= 11 is 1.67. The van der Waals surface area contributed by atoms with Crippen molar-refractivity contribution in [2.75, 3.05) is 12.1 Å². The van der Waals surface area contributed by atoms with E-state index in [2.05, 4.69) is 5.32 Å². The molecule has 3 rings (SSSR count). The van der Waals surface area contributed by atoms with Crippen LogP contribution in [0.5, 0.6) is 11.5 Å². The number of nitro groups is 1. The average Bonchev–Trinajstić information content (AvgIpc) is 3.05. The lowest BCUT2D eigenvalue weighted by Gasteiger charge is -2.14. The molecule has 0 fully saturated rings. The van der Waals surface area contributed by atoms with Crippen molar-refractivity contribution in [2.45, 2.75) is 19.9 Å². The fraction of sp³-hybridized carbons (Fsp3) is 0.286. The van der Waals surface area contributed by atoms with Gasteiger partial charge >= 0.3 is 0 Å². The molecule has 110 valence electrons. The van der Waals surface area contributed by atoms with E-state index in [0.717, 1.165) is 4.88 Å². The van der Waals surface area contributed by atoms with Gasteiger partial charge in [-0.15, -0.1) is 11.3 Å². The molecule has 1 unspecified atom stereocenters. The van der Waals surface area contributed by atoms with E-state index in [0.29, 0.717) is 17.2 Å². The lowest BCUT2D eigenvalue weighted by atomic mass is 10.2. The quantitative estimate of drug-likeness (QED) is 0.685. The van der Waals surface area contributed by atoms with Crippen molar-refractivity contribution in [1.29, 1.82) is 0 Å². The lowest BCUT2D eigenvalue weighted by Crippen LogP contribution is -2.07. The Hall–Kier alpha value is -2.28. The molecule has 2 aromatic rings. The number of nitrogens with zero attached hydrogens (tertiary/aromatic N) is 1. The Morgan fingerprint density at radius 2 is 2.05 bits per heavy atom. The molecule has 1 aliphatic rings. The van der Waals surface area contributed by atoms with Gasteiger partial charge in [-0.1, -0.05) is 0 Å². The maximum atomic E-state index is 11.2. The fourth-order valence-electron chi connectivity index (χ4n) is 2.19. The van der Waals surface area contributed by atoms with Crippen LogP contribution in [0.15, 0.2) is 24.3 Å². The maximum absolute atomic E-state index is 11.2. The van der Waals surface area contributed by atoms with E-state index in [1.807, 2.05) is 26.0 Å². The summed E-state index contributed by atoms with van der Waals surface area (Å²) in [5, 5.41) is 14.4. The molecule has 0 saturated carbocycles. The van der Waals surface area contributed by atoms with Crippen LogP contribution in [0.3, 0.4) is 0 Å². The fourth-order valence-corrected chi connectivity index (χ4v) is 3.07. The van der Waals surface area contributed by atoms with Crippen LogP contribution in [0.25, 0.3) is 0 Å². The molecule has 6 nitrogen and oxygen atoms in total. The number of rotatable bonds is 4. The lowest BCUT2D eigenvalue weighted by molar-refractivity contribution is -0.384. The number of aryl methyl sites for hydroxylation is 1. The van der Waals surface area contributed by atoms with Crippen LogP contribution in [0.2, 0.25) is 0 Å². The first-order valence-corrected chi connectivity index (χ1v) is 7.27. The highest BCUT2D eigenvalue weighted by atomic mass is 32.1. The Balaban J connectivity index is 1.92. The van der Waals surface area contributed by atoms with Crippen molar-refractivity contribution in [3.8, 4) is 11.5 Å². The molecule has 0 aliphatic carbocycles. The number of anilines is 1. The monoisotopic (exact) mass is 306 g/mol. The molecule has 1 aromatic carbocycles. The molecule has 1 N–H and O–H groups in total. The van der Waals surface area contributed by atoms with Crippen molar-refractivity contribution in [3.05, 3.63) is 44.1 Å². The molecule has 1 atom stereocenters. The van der Waals surface area contributed by atoms with E-state index in [-0.39, 0.29) is 18.5 Å². The van der Waals surface area contributed by atoms with Crippen molar-refractivity contribution in [2.24, 2.45) is 0 Å². The van der Waals surface area contributed by atoms with Crippen LogP contribution in [0.1, 0.15) is 22.7 Å². The second kappa shape index (κ2) is 5.25. The standard InChI is InChI=1S/C14H14N2O4S/c1-8-3-4-14(21-8)9(2)15-10-5-12-13(20-7-19-12)6-11(10)16(17)18/h3-6,9,15H,7H2,1-2H3. The summed E-state index contributed by atoms with van der Waals surface area (Å²) in [7, 11) is 0. The highest BCUT2D eigenvalue weighted by Gasteiger charge is 2.24. The molecular weight excluding hydrogens is 292 g/mol. The first-order valence-electron chi connectivity index (χ1n) is 6.45. The van der Waals surface area contributed by atoms with Crippen LogP contribution >= 0.6 is 11.3 Å². The molecule has 0 spiro atoms. The van der Waals surface area contributed by atoms with E-state index < -0.39 is 4.92 Å². The van der Waals surface area contributed by atoms with Gasteiger partial charge in [0.1, 0.15) is 5.69 Å². The molecule has 1 aliphatic heterocycles. The van der Waals surface area contributed by atoms with Crippen LogP contribution in [0.4, 0.5) is 11.4 Å². The van der Waals surface area contributed by atoms with E-state index in [9.17, 15) is 10.1 Å². The van der Waals surface area contributed by atoms with Gasteiger partial charge in [-0.05, 0) is 26.0 Å². The highest BCUT2D eigenvalue weighted by Crippen LogP contribution is 2.41. The third kappa shape index (κ3) is 2.64. The molecule has 0 bridgehead atoms. The smallest absolute Gasteiger partial charge is 0.296 e. The topological polar surface area (TPSA) is 73.6 Å². The number of hydrogen-bond donors (Lipinski definition) is 1. The number of nitro benzene ring substituents is 1. The number of benzene rings is 1. The largest absolute Gasteiger partial charge is 0.454 e. The van der Waals surface area contributed by atoms with Gasteiger partial charge < -0.3 is 14.8 Å².